The summed E-state index contributed by atoms with van der Waals surface area (Å²) in [5.74, 6) is 0.412. The molecule has 0 heterocycles. The lowest BCUT2D eigenvalue weighted by Crippen LogP contribution is -2.34. The molecule has 2 rings (SSSR count). The molecule has 0 bridgehead atoms. The second-order valence-electron chi connectivity index (χ2n) is 5.54. The van der Waals surface area contributed by atoms with Crippen molar-refractivity contribution in [2.24, 2.45) is 11.8 Å². The second kappa shape index (κ2) is 5.55. The highest BCUT2D eigenvalue weighted by Gasteiger charge is 2.28. The smallest absolute Gasteiger partial charge is 0.295 e. The van der Waals surface area contributed by atoms with E-state index in [9.17, 15) is 14.5 Å². The standard InChI is InChI=1S/C14H19FN2O2/c1-9-6-7-10(2)12(8-9)16-14-11(15)4-3-5-13(14)17(18)19/h3-5,9-10,12,16H,6-8H2,1-2H3. The van der Waals surface area contributed by atoms with E-state index < -0.39 is 10.7 Å². The van der Waals surface area contributed by atoms with Crippen molar-refractivity contribution >= 4 is 11.4 Å². The van der Waals surface area contributed by atoms with E-state index in [0.717, 1.165) is 12.8 Å². The maximum Gasteiger partial charge on any atom is 0.295 e. The Morgan fingerprint density at radius 3 is 2.79 bits per heavy atom. The fourth-order valence-corrected chi connectivity index (χ4v) is 2.73. The summed E-state index contributed by atoms with van der Waals surface area (Å²) in [6, 6.07) is 4.06. The van der Waals surface area contributed by atoms with Crippen LogP contribution >= 0.6 is 0 Å². The number of rotatable bonds is 3. The van der Waals surface area contributed by atoms with Crippen LogP contribution in [-0.4, -0.2) is 11.0 Å². The quantitative estimate of drug-likeness (QED) is 0.665. The summed E-state index contributed by atoms with van der Waals surface area (Å²) in [6.07, 6.45) is 3.16. The molecule has 0 radical (unpaired) electrons. The van der Waals surface area contributed by atoms with Crippen molar-refractivity contribution in [2.75, 3.05) is 5.32 Å². The first kappa shape index (κ1) is 13.8. The Hall–Kier alpha value is -1.65. The minimum atomic E-state index is -0.556. The Kier molecular flexibility index (Phi) is 4.02. The number of nitrogens with one attached hydrogen (secondary N) is 1. The Bertz CT molecular complexity index is 479. The van der Waals surface area contributed by atoms with Crippen molar-refractivity contribution in [3.05, 3.63) is 34.1 Å². The Balaban J connectivity index is 2.25. The number of benzene rings is 1. The van der Waals surface area contributed by atoms with Gasteiger partial charge in [0.2, 0.25) is 0 Å². The van der Waals surface area contributed by atoms with Gasteiger partial charge in [0.15, 0.2) is 5.82 Å². The van der Waals surface area contributed by atoms with Gasteiger partial charge in [0.05, 0.1) is 4.92 Å². The highest BCUT2D eigenvalue weighted by Crippen LogP contribution is 2.34. The molecule has 1 aromatic carbocycles. The molecule has 4 nitrogen and oxygen atoms in total. The van der Waals surface area contributed by atoms with Gasteiger partial charge in [-0.3, -0.25) is 10.1 Å². The van der Waals surface area contributed by atoms with Gasteiger partial charge in [-0.15, -0.1) is 0 Å². The topological polar surface area (TPSA) is 55.2 Å². The van der Waals surface area contributed by atoms with Crippen LogP contribution in [0, 0.1) is 27.8 Å². The number of hydrogen-bond donors (Lipinski definition) is 1. The van der Waals surface area contributed by atoms with E-state index in [1.807, 2.05) is 0 Å². The second-order valence-corrected chi connectivity index (χ2v) is 5.54. The van der Waals surface area contributed by atoms with Gasteiger partial charge in [0, 0.05) is 12.1 Å². The molecule has 1 aliphatic carbocycles. The van der Waals surface area contributed by atoms with Crippen LogP contribution in [0.25, 0.3) is 0 Å². The molecular formula is C14H19FN2O2. The van der Waals surface area contributed by atoms with Crippen LogP contribution in [0.4, 0.5) is 15.8 Å². The number of para-hydroxylation sites is 1. The minimum Gasteiger partial charge on any atom is -0.374 e. The van der Waals surface area contributed by atoms with E-state index in [0.29, 0.717) is 11.8 Å². The summed E-state index contributed by atoms with van der Waals surface area (Å²) in [6.45, 7) is 4.27. The highest BCUT2D eigenvalue weighted by atomic mass is 19.1. The Morgan fingerprint density at radius 1 is 1.37 bits per heavy atom. The average molecular weight is 266 g/mol. The zero-order chi connectivity index (χ0) is 14.0. The maximum absolute atomic E-state index is 13.8. The Labute approximate surface area is 112 Å². The van der Waals surface area contributed by atoms with Crippen molar-refractivity contribution < 1.29 is 9.31 Å². The van der Waals surface area contributed by atoms with E-state index in [-0.39, 0.29) is 17.4 Å². The first-order valence-corrected chi connectivity index (χ1v) is 6.68. The molecule has 0 saturated heterocycles. The van der Waals surface area contributed by atoms with Gasteiger partial charge in [-0.2, -0.15) is 0 Å². The summed E-state index contributed by atoms with van der Waals surface area (Å²) in [5.41, 5.74) is -0.163. The van der Waals surface area contributed by atoms with Gasteiger partial charge in [0.25, 0.3) is 5.69 Å². The fourth-order valence-electron chi connectivity index (χ4n) is 2.73. The lowest BCUT2D eigenvalue weighted by atomic mass is 9.80. The molecule has 3 unspecified atom stereocenters. The van der Waals surface area contributed by atoms with Crippen LogP contribution < -0.4 is 5.32 Å². The largest absolute Gasteiger partial charge is 0.374 e. The summed E-state index contributed by atoms with van der Waals surface area (Å²) < 4.78 is 13.8. The molecular weight excluding hydrogens is 247 g/mol. The molecule has 1 aromatic rings. The lowest BCUT2D eigenvalue weighted by Gasteiger charge is -2.33. The molecule has 0 aromatic heterocycles. The summed E-state index contributed by atoms with van der Waals surface area (Å²) in [4.78, 5) is 10.4. The number of anilines is 1. The van der Waals surface area contributed by atoms with E-state index in [1.54, 1.807) is 0 Å². The molecule has 5 heteroatoms. The SMILES string of the molecule is CC1CCC(C)C(Nc2c(F)cccc2[N+](=O)[O-])C1. The van der Waals surface area contributed by atoms with Gasteiger partial charge in [-0.1, -0.05) is 26.3 Å². The number of nitro groups is 1. The summed E-state index contributed by atoms with van der Waals surface area (Å²) in [5, 5.41) is 14.0. The maximum atomic E-state index is 13.8. The van der Waals surface area contributed by atoms with Crippen LogP contribution in [0.1, 0.15) is 33.1 Å². The number of nitro benzene ring substituents is 1. The molecule has 0 aliphatic heterocycles. The fraction of sp³-hybridized carbons (Fsp3) is 0.571. The first-order valence-electron chi connectivity index (χ1n) is 6.68. The van der Waals surface area contributed by atoms with Gasteiger partial charge >= 0.3 is 0 Å². The molecule has 0 spiro atoms. The van der Waals surface area contributed by atoms with E-state index in [4.69, 9.17) is 0 Å². The van der Waals surface area contributed by atoms with Crippen LogP contribution in [-0.2, 0) is 0 Å². The average Bonchev–Trinajstić information content (AvgIpc) is 2.35. The molecule has 104 valence electrons. The van der Waals surface area contributed by atoms with E-state index in [1.165, 1.54) is 24.6 Å². The van der Waals surface area contributed by atoms with Crippen molar-refractivity contribution in [3.8, 4) is 0 Å². The van der Waals surface area contributed by atoms with Crippen molar-refractivity contribution in [1.29, 1.82) is 0 Å². The minimum absolute atomic E-state index is 0.0263. The van der Waals surface area contributed by atoms with Gasteiger partial charge in [0.1, 0.15) is 5.69 Å². The molecule has 0 amide bonds. The highest BCUT2D eigenvalue weighted by molar-refractivity contribution is 5.62. The lowest BCUT2D eigenvalue weighted by molar-refractivity contribution is -0.384. The molecule has 19 heavy (non-hydrogen) atoms. The predicted molar refractivity (Wildman–Crippen MR) is 72.6 cm³/mol. The van der Waals surface area contributed by atoms with Crippen LogP contribution in [0.15, 0.2) is 18.2 Å². The third-order valence-corrected chi connectivity index (χ3v) is 3.98. The van der Waals surface area contributed by atoms with Gasteiger partial charge in [-0.05, 0) is 30.7 Å². The zero-order valence-electron chi connectivity index (χ0n) is 11.2. The normalized spacial score (nSPS) is 27.0. The monoisotopic (exact) mass is 266 g/mol. The molecule has 1 N–H and O–H groups in total. The summed E-state index contributed by atoms with van der Waals surface area (Å²) >= 11 is 0. The molecule has 1 fully saturated rings. The first-order chi connectivity index (χ1) is 8.99. The van der Waals surface area contributed by atoms with Crippen LogP contribution in [0.2, 0.25) is 0 Å². The Morgan fingerprint density at radius 2 is 2.11 bits per heavy atom. The molecule has 1 saturated carbocycles. The van der Waals surface area contributed by atoms with Crippen molar-refractivity contribution in [2.45, 2.75) is 39.2 Å². The van der Waals surface area contributed by atoms with Crippen molar-refractivity contribution in [1.82, 2.24) is 0 Å². The predicted octanol–water partition coefficient (Wildman–Crippen LogP) is 3.97. The van der Waals surface area contributed by atoms with E-state index >= 15 is 0 Å². The van der Waals surface area contributed by atoms with E-state index in [2.05, 4.69) is 19.2 Å². The van der Waals surface area contributed by atoms with Crippen LogP contribution in [0.5, 0.6) is 0 Å². The number of halogens is 1. The van der Waals surface area contributed by atoms with Gasteiger partial charge < -0.3 is 5.32 Å². The zero-order valence-corrected chi connectivity index (χ0v) is 11.2. The number of nitrogens with zero attached hydrogens (tertiary/aromatic N) is 1. The van der Waals surface area contributed by atoms with Crippen molar-refractivity contribution in [3.63, 3.8) is 0 Å². The third-order valence-electron chi connectivity index (χ3n) is 3.98. The molecule has 1 aliphatic rings. The van der Waals surface area contributed by atoms with Gasteiger partial charge in [-0.25, -0.2) is 4.39 Å². The van der Waals surface area contributed by atoms with Crippen LogP contribution in [0.3, 0.4) is 0 Å². The summed E-state index contributed by atoms with van der Waals surface area (Å²) in [7, 11) is 0. The number of hydrogen-bond acceptors (Lipinski definition) is 3. The molecule has 3 atom stereocenters. The third kappa shape index (κ3) is 3.03.